The van der Waals surface area contributed by atoms with Crippen LogP contribution in [0.5, 0.6) is 0 Å². The van der Waals surface area contributed by atoms with E-state index in [0.717, 1.165) is 128 Å². The molecule has 0 saturated heterocycles. The number of carbonyl (C=O) groups is 3. The summed E-state index contributed by atoms with van der Waals surface area (Å²) in [7, 11) is 0. The molecule has 476 valence electrons. The summed E-state index contributed by atoms with van der Waals surface area (Å²) in [6, 6.07) is 0. The molecule has 1 atom stereocenters. The third-order valence-corrected chi connectivity index (χ3v) is 15.2. The molecule has 0 rings (SSSR count). The quantitative estimate of drug-likeness (QED) is 0.0261. The van der Waals surface area contributed by atoms with E-state index < -0.39 is 6.10 Å². The molecule has 0 amide bonds. The maximum atomic E-state index is 12.9. The molecule has 0 saturated carbocycles. The van der Waals surface area contributed by atoms with E-state index in [1.165, 1.54) is 173 Å². The molecular weight excluding hydrogens is 1020 g/mol. The van der Waals surface area contributed by atoms with Crippen molar-refractivity contribution in [2.45, 2.75) is 348 Å². The molecule has 83 heavy (non-hydrogen) atoms. The average molecular weight is 1150 g/mol. The van der Waals surface area contributed by atoms with Gasteiger partial charge in [0, 0.05) is 19.3 Å². The Hall–Kier alpha value is -3.93. The number of ether oxygens (including phenoxy) is 3. The van der Waals surface area contributed by atoms with E-state index in [0.29, 0.717) is 19.3 Å². The zero-order valence-electron chi connectivity index (χ0n) is 54.7. The van der Waals surface area contributed by atoms with Gasteiger partial charge in [0.1, 0.15) is 13.2 Å². The predicted octanol–water partition coefficient (Wildman–Crippen LogP) is 24.6. The minimum atomic E-state index is -0.797. The molecule has 0 bridgehead atoms. The summed E-state index contributed by atoms with van der Waals surface area (Å²) in [5.74, 6) is -0.914. The van der Waals surface area contributed by atoms with Gasteiger partial charge in [-0.3, -0.25) is 14.4 Å². The monoisotopic (exact) mass is 1150 g/mol. The summed E-state index contributed by atoms with van der Waals surface area (Å²) < 4.78 is 16.9. The van der Waals surface area contributed by atoms with Gasteiger partial charge in [-0.05, 0) is 122 Å². The second-order valence-corrected chi connectivity index (χ2v) is 23.4. The van der Waals surface area contributed by atoms with Crippen molar-refractivity contribution in [3.8, 4) is 0 Å². The van der Waals surface area contributed by atoms with Gasteiger partial charge in [-0.1, -0.05) is 310 Å². The van der Waals surface area contributed by atoms with E-state index in [1.807, 2.05) is 0 Å². The standard InChI is InChI=1S/C77H132O6/c1-4-7-10-13-16-19-22-24-26-28-30-32-34-35-36-37-38-39-40-41-43-44-46-48-50-52-55-58-61-64-67-70-76(79)82-73-74(72-81-75(78)69-66-63-60-57-54-21-18-15-12-9-6-3)83-77(80)71-68-65-62-59-56-53-51-49-47-45-42-33-31-29-27-25-23-20-17-14-11-8-5-2/h8,11,15,17-18,20,22,24-25,27-28,30-31,33,45,47,51,53,74H,4-7,9-10,12-14,16,19,21,23,26,29,32,34-44,46,48-50,52,54-73H2,1-3H3/b11-8-,18-15-,20-17-,24-22-,27-25-,30-28-,33-31-,47-45-,53-51-. The zero-order valence-corrected chi connectivity index (χ0v) is 54.7. The number of esters is 3. The number of carbonyl (C=O) groups excluding carboxylic acids is 3. The highest BCUT2D eigenvalue weighted by Crippen LogP contribution is 2.17. The molecule has 0 aliphatic carbocycles. The van der Waals surface area contributed by atoms with Crippen LogP contribution in [0.25, 0.3) is 0 Å². The molecule has 0 heterocycles. The van der Waals surface area contributed by atoms with Gasteiger partial charge >= 0.3 is 17.9 Å². The molecule has 6 heteroatoms. The van der Waals surface area contributed by atoms with E-state index in [-0.39, 0.29) is 31.1 Å². The molecule has 0 aromatic rings. The first kappa shape index (κ1) is 79.1. The first-order chi connectivity index (χ1) is 41.0. The highest BCUT2D eigenvalue weighted by molar-refractivity contribution is 5.71. The van der Waals surface area contributed by atoms with Crippen LogP contribution in [0.4, 0.5) is 0 Å². The Morgan fingerprint density at radius 1 is 0.253 bits per heavy atom. The summed E-state index contributed by atoms with van der Waals surface area (Å²) in [6.07, 6.45) is 97.0. The summed E-state index contributed by atoms with van der Waals surface area (Å²) in [6.45, 7) is 6.48. The second kappa shape index (κ2) is 70.6. The largest absolute Gasteiger partial charge is 0.462 e. The second-order valence-electron chi connectivity index (χ2n) is 23.4. The summed E-state index contributed by atoms with van der Waals surface area (Å²) in [5, 5.41) is 0. The number of allylic oxidation sites excluding steroid dienone is 18. The van der Waals surface area contributed by atoms with Crippen LogP contribution in [0, 0.1) is 0 Å². The van der Waals surface area contributed by atoms with Crippen molar-refractivity contribution >= 4 is 17.9 Å². The van der Waals surface area contributed by atoms with Crippen molar-refractivity contribution < 1.29 is 28.6 Å². The molecule has 0 fully saturated rings. The van der Waals surface area contributed by atoms with E-state index >= 15 is 0 Å². The molecule has 0 spiro atoms. The smallest absolute Gasteiger partial charge is 0.306 e. The number of unbranched alkanes of at least 4 members (excludes halogenated alkanes) is 35. The minimum Gasteiger partial charge on any atom is -0.462 e. The maximum absolute atomic E-state index is 12.9. The van der Waals surface area contributed by atoms with Gasteiger partial charge in [0.15, 0.2) is 6.10 Å². The molecule has 6 nitrogen and oxygen atoms in total. The van der Waals surface area contributed by atoms with E-state index in [2.05, 4.69) is 130 Å². The number of hydrogen-bond donors (Lipinski definition) is 0. The lowest BCUT2D eigenvalue weighted by Crippen LogP contribution is -2.30. The lowest BCUT2D eigenvalue weighted by atomic mass is 10.0. The normalized spacial score (nSPS) is 12.8. The Bertz CT molecular complexity index is 1660. The van der Waals surface area contributed by atoms with Crippen LogP contribution < -0.4 is 0 Å². The Kier molecular flexibility index (Phi) is 67.2. The molecule has 0 aliphatic rings. The summed E-state index contributed by atoms with van der Waals surface area (Å²) in [4.78, 5) is 38.3. The molecule has 0 aromatic heterocycles. The maximum Gasteiger partial charge on any atom is 0.306 e. The summed E-state index contributed by atoms with van der Waals surface area (Å²) >= 11 is 0. The fourth-order valence-corrected chi connectivity index (χ4v) is 9.93. The average Bonchev–Trinajstić information content (AvgIpc) is 3.48. The SMILES string of the molecule is CC/C=C\C/C=C\C/C=C\C/C=C\C/C=C\C/C=C\CCCCCCC(=O)OC(COC(=O)CCCCCCC/C=C\CCCC)COC(=O)CCCCCCCCCCCCCCCCCCCCC/C=C\C/C=C\CCCCCCC. The first-order valence-corrected chi connectivity index (χ1v) is 35.4. The van der Waals surface area contributed by atoms with Crippen LogP contribution in [0.1, 0.15) is 342 Å². The van der Waals surface area contributed by atoms with Crippen molar-refractivity contribution in [3.05, 3.63) is 109 Å². The fraction of sp³-hybridized carbons (Fsp3) is 0.727. The van der Waals surface area contributed by atoms with E-state index in [1.54, 1.807) is 0 Å². The molecular formula is C77H132O6. The van der Waals surface area contributed by atoms with Crippen molar-refractivity contribution in [2.24, 2.45) is 0 Å². The van der Waals surface area contributed by atoms with Crippen LogP contribution in [0.15, 0.2) is 109 Å². The highest BCUT2D eigenvalue weighted by Gasteiger charge is 2.19. The van der Waals surface area contributed by atoms with Gasteiger partial charge in [0.25, 0.3) is 0 Å². The van der Waals surface area contributed by atoms with Crippen molar-refractivity contribution in [3.63, 3.8) is 0 Å². The van der Waals surface area contributed by atoms with Gasteiger partial charge in [0.2, 0.25) is 0 Å². The minimum absolute atomic E-state index is 0.0898. The Labute approximate surface area is 514 Å². The van der Waals surface area contributed by atoms with Gasteiger partial charge in [-0.2, -0.15) is 0 Å². The third kappa shape index (κ3) is 68.7. The van der Waals surface area contributed by atoms with Crippen LogP contribution in [0.3, 0.4) is 0 Å². The topological polar surface area (TPSA) is 78.9 Å². The van der Waals surface area contributed by atoms with E-state index in [4.69, 9.17) is 14.2 Å². The van der Waals surface area contributed by atoms with Crippen molar-refractivity contribution in [1.29, 1.82) is 0 Å². The van der Waals surface area contributed by atoms with Crippen LogP contribution >= 0.6 is 0 Å². The van der Waals surface area contributed by atoms with Crippen LogP contribution in [0.2, 0.25) is 0 Å². The van der Waals surface area contributed by atoms with Gasteiger partial charge in [0.05, 0.1) is 0 Å². The van der Waals surface area contributed by atoms with Gasteiger partial charge < -0.3 is 14.2 Å². The first-order valence-electron chi connectivity index (χ1n) is 35.4. The summed E-state index contributed by atoms with van der Waals surface area (Å²) in [5.41, 5.74) is 0. The highest BCUT2D eigenvalue weighted by atomic mass is 16.6. The number of hydrogen-bond acceptors (Lipinski definition) is 6. The van der Waals surface area contributed by atoms with Crippen molar-refractivity contribution in [2.75, 3.05) is 13.2 Å². The molecule has 0 N–H and O–H groups in total. The van der Waals surface area contributed by atoms with Crippen LogP contribution in [-0.2, 0) is 28.6 Å². The van der Waals surface area contributed by atoms with Crippen LogP contribution in [-0.4, -0.2) is 37.2 Å². The Morgan fingerprint density at radius 2 is 0.482 bits per heavy atom. The molecule has 0 aromatic carbocycles. The van der Waals surface area contributed by atoms with Gasteiger partial charge in [-0.15, -0.1) is 0 Å². The Balaban J connectivity index is 4.22. The zero-order chi connectivity index (χ0) is 59.9. The number of rotatable bonds is 64. The molecule has 0 aliphatic heterocycles. The third-order valence-electron chi connectivity index (χ3n) is 15.2. The molecule has 0 radical (unpaired) electrons. The predicted molar refractivity (Wildman–Crippen MR) is 362 cm³/mol. The van der Waals surface area contributed by atoms with E-state index in [9.17, 15) is 14.4 Å². The van der Waals surface area contributed by atoms with Crippen molar-refractivity contribution in [1.82, 2.24) is 0 Å². The Morgan fingerprint density at radius 3 is 0.783 bits per heavy atom. The lowest BCUT2D eigenvalue weighted by Gasteiger charge is -2.18. The van der Waals surface area contributed by atoms with Gasteiger partial charge in [-0.25, -0.2) is 0 Å². The fourth-order valence-electron chi connectivity index (χ4n) is 9.93. The molecule has 1 unspecified atom stereocenters. The lowest BCUT2D eigenvalue weighted by molar-refractivity contribution is -0.167.